The Kier molecular flexibility index (Phi) is 6.47. The zero-order valence-electron chi connectivity index (χ0n) is 11.2. The zero-order chi connectivity index (χ0) is 12.7. The van der Waals surface area contributed by atoms with Crippen LogP contribution in [0, 0.1) is 5.92 Å². The molecule has 0 bridgehead atoms. The van der Waals surface area contributed by atoms with Gasteiger partial charge in [0.2, 0.25) is 5.91 Å². The van der Waals surface area contributed by atoms with Crippen LogP contribution < -0.4 is 10.6 Å². The van der Waals surface area contributed by atoms with Gasteiger partial charge in [-0.1, -0.05) is 13.8 Å². The summed E-state index contributed by atoms with van der Waals surface area (Å²) in [6, 6.07) is 0. The van der Waals surface area contributed by atoms with Crippen molar-refractivity contribution in [1.82, 2.24) is 15.5 Å². The average molecular weight is 243 g/mol. The summed E-state index contributed by atoms with van der Waals surface area (Å²) in [6.45, 7) is 8.71. The van der Waals surface area contributed by atoms with Crippen molar-refractivity contribution >= 4 is 5.91 Å². The molecule has 5 nitrogen and oxygen atoms in total. The maximum atomic E-state index is 11.6. The van der Waals surface area contributed by atoms with Crippen LogP contribution in [0.2, 0.25) is 0 Å². The number of ether oxygens (including phenoxy) is 1. The fourth-order valence-corrected chi connectivity index (χ4v) is 1.77. The molecular formula is C12H25N3O2. The van der Waals surface area contributed by atoms with Crippen molar-refractivity contribution in [3.63, 3.8) is 0 Å². The van der Waals surface area contributed by atoms with Gasteiger partial charge in [0.05, 0.1) is 19.3 Å². The molecule has 1 saturated heterocycles. The molecule has 17 heavy (non-hydrogen) atoms. The molecule has 100 valence electrons. The molecule has 0 spiro atoms. The number of morpholine rings is 1. The number of nitrogens with zero attached hydrogens (tertiary/aromatic N) is 1. The normalized spacial score (nSPS) is 20.9. The van der Waals surface area contributed by atoms with Gasteiger partial charge < -0.3 is 15.4 Å². The van der Waals surface area contributed by atoms with E-state index in [1.807, 2.05) is 11.9 Å². The molecule has 1 aliphatic rings. The topological polar surface area (TPSA) is 53.6 Å². The lowest BCUT2D eigenvalue weighted by molar-refractivity contribution is -0.122. The lowest BCUT2D eigenvalue weighted by atomic mass is 10.2. The van der Waals surface area contributed by atoms with Gasteiger partial charge in [0, 0.05) is 26.2 Å². The Morgan fingerprint density at radius 2 is 2.35 bits per heavy atom. The summed E-state index contributed by atoms with van der Waals surface area (Å²) < 4.78 is 5.59. The lowest BCUT2D eigenvalue weighted by Crippen LogP contribution is -2.46. The Labute approximate surface area is 104 Å². The van der Waals surface area contributed by atoms with Crippen LogP contribution in [0.5, 0.6) is 0 Å². The van der Waals surface area contributed by atoms with Crippen molar-refractivity contribution < 1.29 is 9.53 Å². The van der Waals surface area contributed by atoms with E-state index in [1.54, 1.807) is 0 Å². The summed E-state index contributed by atoms with van der Waals surface area (Å²) >= 11 is 0. The summed E-state index contributed by atoms with van der Waals surface area (Å²) in [5.41, 5.74) is 0. The first-order chi connectivity index (χ1) is 8.08. The third kappa shape index (κ3) is 6.61. The van der Waals surface area contributed by atoms with Gasteiger partial charge in [0.15, 0.2) is 0 Å². The second kappa shape index (κ2) is 7.63. The Hall–Kier alpha value is -0.650. The largest absolute Gasteiger partial charge is 0.374 e. The van der Waals surface area contributed by atoms with E-state index in [9.17, 15) is 4.79 Å². The molecule has 0 aromatic rings. The molecule has 1 rings (SSSR count). The number of carbonyl (C=O) groups is 1. The maximum Gasteiger partial charge on any atom is 0.234 e. The fourth-order valence-electron chi connectivity index (χ4n) is 1.77. The first-order valence-electron chi connectivity index (χ1n) is 6.35. The van der Waals surface area contributed by atoms with E-state index in [1.165, 1.54) is 0 Å². The second-order valence-corrected chi connectivity index (χ2v) is 5.09. The monoisotopic (exact) mass is 243 g/mol. The zero-order valence-corrected chi connectivity index (χ0v) is 11.2. The summed E-state index contributed by atoms with van der Waals surface area (Å²) in [5, 5.41) is 6.19. The summed E-state index contributed by atoms with van der Waals surface area (Å²) in [6.07, 6.45) is 0.201. The Bertz CT molecular complexity index is 228. The van der Waals surface area contributed by atoms with E-state index in [-0.39, 0.29) is 12.0 Å². The summed E-state index contributed by atoms with van der Waals surface area (Å²) in [7, 11) is 1.95. The van der Waals surface area contributed by atoms with Crippen LogP contribution in [-0.2, 0) is 9.53 Å². The molecule has 0 saturated carbocycles. The highest BCUT2D eigenvalue weighted by molar-refractivity contribution is 5.77. The number of rotatable bonds is 6. The molecule has 0 aromatic heterocycles. The highest BCUT2D eigenvalue weighted by Gasteiger charge is 2.16. The first-order valence-corrected chi connectivity index (χ1v) is 6.35. The number of hydrogen-bond acceptors (Lipinski definition) is 4. The van der Waals surface area contributed by atoms with Gasteiger partial charge >= 0.3 is 0 Å². The Morgan fingerprint density at radius 3 is 2.94 bits per heavy atom. The van der Waals surface area contributed by atoms with Crippen molar-refractivity contribution in [3.8, 4) is 0 Å². The molecule has 2 N–H and O–H groups in total. The quantitative estimate of drug-likeness (QED) is 0.671. The van der Waals surface area contributed by atoms with E-state index in [4.69, 9.17) is 4.74 Å². The average Bonchev–Trinajstić information content (AvgIpc) is 2.27. The van der Waals surface area contributed by atoms with Crippen LogP contribution in [0.1, 0.15) is 13.8 Å². The van der Waals surface area contributed by atoms with Gasteiger partial charge in [0.1, 0.15) is 0 Å². The second-order valence-electron chi connectivity index (χ2n) is 5.09. The van der Waals surface area contributed by atoms with Gasteiger partial charge in [0.25, 0.3) is 0 Å². The number of likely N-dealkylation sites (N-methyl/N-ethyl adjacent to an activating group) is 1. The third-order valence-corrected chi connectivity index (χ3v) is 2.64. The number of hydrogen-bond donors (Lipinski definition) is 2. The molecule has 5 heteroatoms. The molecule has 1 amide bonds. The fraction of sp³-hybridized carbons (Fsp3) is 0.917. The van der Waals surface area contributed by atoms with Gasteiger partial charge in [-0.2, -0.15) is 0 Å². The standard InChI is InChI=1S/C12H25N3O2/c1-10(2)6-14-12(16)9-15(3)8-11-7-13-4-5-17-11/h10-11,13H,4-9H2,1-3H3,(H,14,16). The molecule has 1 unspecified atom stereocenters. The highest BCUT2D eigenvalue weighted by Crippen LogP contribution is 1.98. The molecule has 0 radical (unpaired) electrons. The van der Waals surface area contributed by atoms with Crippen LogP contribution in [0.4, 0.5) is 0 Å². The van der Waals surface area contributed by atoms with E-state index in [0.717, 1.165) is 32.8 Å². The molecule has 1 atom stereocenters. The Balaban J connectivity index is 2.14. The molecule has 0 aromatic carbocycles. The van der Waals surface area contributed by atoms with Crippen molar-refractivity contribution in [2.24, 2.45) is 5.92 Å². The molecule has 1 aliphatic heterocycles. The van der Waals surface area contributed by atoms with Crippen LogP contribution in [-0.4, -0.2) is 63.3 Å². The predicted octanol–water partition coefficient (Wildman–Crippen LogP) is -0.321. The van der Waals surface area contributed by atoms with Crippen molar-refractivity contribution in [2.45, 2.75) is 20.0 Å². The minimum atomic E-state index is 0.0879. The highest BCUT2D eigenvalue weighted by atomic mass is 16.5. The third-order valence-electron chi connectivity index (χ3n) is 2.64. The number of amides is 1. The first kappa shape index (κ1) is 14.4. The molecule has 1 heterocycles. The molecule has 1 fully saturated rings. The van der Waals surface area contributed by atoms with Gasteiger partial charge in [-0.25, -0.2) is 0 Å². The SMILES string of the molecule is CC(C)CNC(=O)CN(C)CC1CNCCO1. The van der Waals surface area contributed by atoms with E-state index in [2.05, 4.69) is 24.5 Å². The van der Waals surface area contributed by atoms with E-state index >= 15 is 0 Å². The molecule has 0 aliphatic carbocycles. The minimum absolute atomic E-state index is 0.0879. The van der Waals surface area contributed by atoms with Crippen molar-refractivity contribution in [3.05, 3.63) is 0 Å². The van der Waals surface area contributed by atoms with E-state index in [0.29, 0.717) is 12.5 Å². The van der Waals surface area contributed by atoms with Crippen molar-refractivity contribution in [1.29, 1.82) is 0 Å². The van der Waals surface area contributed by atoms with Gasteiger partial charge in [-0.05, 0) is 13.0 Å². The smallest absolute Gasteiger partial charge is 0.234 e. The van der Waals surface area contributed by atoms with Gasteiger partial charge in [-0.15, -0.1) is 0 Å². The summed E-state index contributed by atoms with van der Waals surface area (Å²) in [4.78, 5) is 13.6. The van der Waals surface area contributed by atoms with E-state index < -0.39 is 0 Å². The van der Waals surface area contributed by atoms with Gasteiger partial charge in [-0.3, -0.25) is 9.69 Å². The summed E-state index contributed by atoms with van der Waals surface area (Å²) in [5.74, 6) is 0.583. The number of nitrogens with one attached hydrogen (secondary N) is 2. The molecular weight excluding hydrogens is 218 g/mol. The van der Waals surface area contributed by atoms with Crippen LogP contribution in [0.25, 0.3) is 0 Å². The van der Waals surface area contributed by atoms with Crippen molar-refractivity contribution in [2.75, 3.05) is 46.4 Å². The van der Waals surface area contributed by atoms with Crippen LogP contribution in [0.15, 0.2) is 0 Å². The lowest BCUT2D eigenvalue weighted by Gasteiger charge is -2.27. The van der Waals surface area contributed by atoms with Crippen LogP contribution >= 0.6 is 0 Å². The Morgan fingerprint density at radius 1 is 1.59 bits per heavy atom. The maximum absolute atomic E-state index is 11.6. The number of carbonyl (C=O) groups excluding carboxylic acids is 1. The van der Waals surface area contributed by atoms with Crippen LogP contribution in [0.3, 0.4) is 0 Å². The minimum Gasteiger partial charge on any atom is -0.374 e. The predicted molar refractivity (Wildman–Crippen MR) is 68.0 cm³/mol.